The lowest BCUT2D eigenvalue weighted by Gasteiger charge is -2.41. The Labute approximate surface area is 176 Å². The van der Waals surface area contributed by atoms with Gasteiger partial charge in [-0.05, 0) is 37.1 Å². The van der Waals surface area contributed by atoms with Gasteiger partial charge in [-0.25, -0.2) is 0 Å². The summed E-state index contributed by atoms with van der Waals surface area (Å²) in [6.45, 7) is 5.03. The van der Waals surface area contributed by atoms with Gasteiger partial charge in [-0.2, -0.15) is 0 Å². The van der Waals surface area contributed by atoms with Crippen LogP contribution in [0.4, 0.5) is 5.69 Å². The van der Waals surface area contributed by atoms with Crippen LogP contribution in [0.1, 0.15) is 35.8 Å². The highest BCUT2D eigenvalue weighted by Crippen LogP contribution is 2.41. The van der Waals surface area contributed by atoms with Crippen LogP contribution in [0.2, 0.25) is 0 Å². The van der Waals surface area contributed by atoms with Crippen molar-refractivity contribution in [1.29, 1.82) is 0 Å². The minimum Gasteiger partial charge on any atom is -0.490 e. The molecule has 0 radical (unpaired) electrons. The highest BCUT2D eigenvalue weighted by molar-refractivity contribution is 5.63. The molecule has 7 heteroatoms. The Morgan fingerprint density at radius 3 is 2.47 bits per heavy atom. The molecule has 7 nitrogen and oxygen atoms in total. The molecule has 1 saturated heterocycles. The Morgan fingerprint density at radius 2 is 1.77 bits per heavy atom. The Hall–Kier alpha value is -2.16. The zero-order chi connectivity index (χ0) is 21.4. The number of ether oxygens (including phenoxy) is 2. The van der Waals surface area contributed by atoms with Gasteiger partial charge in [-0.1, -0.05) is 35.9 Å². The fourth-order valence-corrected chi connectivity index (χ4v) is 4.24. The van der Waals surface area contributed by atoms with E-state index in [0.29, 0.717) is 18.7 Å². The SMILES string of the molecule is Cc1ccc(C(C)N2CCOc3ccc([C@@H]4O[C@H](CO)[C@@H](O)[C@H](O)[C@H]4O)cc32)cc1. The molecule has 162 valence electrons. The topological polar surface area (TPSA) is 103 Å². The van der Waals surface area contributed by atoms with Crippen LogP contribution in [-0.2, 0) is 4.74 Å². The molecule has 2 aromatic carbocycles. The lowest BCUT2D eigenvalue weighted by Crippen LogP contribution is -2.55. The first-order valence-corrected chi connectivity index (χ1v) is 10.3. The van der Waals surface area contributed by atoms with E-state index in [1.807, 2.05) is 12.1 Å². The van der Waals surface area contributed by atoms with Crippen molar-refractivity contribution < 1.29 is 29.9 Å². The average molecular weight is 415 g/mol. The van der Waals surface area contributed by atoms with Crippen LogP contribution in [0, 0.1) is 6.92 Å². The third-order valence-electron chi connectivity index (χ3n) is 6.13. The molecule has 2 heterocycles. The summed E-state index contributed by atoms with van der Waals surface area (Å²) in [5, 5.41) is 40.2. The predicted molar refractivity (Wildman–Crippen MR) is 112 cm³/mol. The van der Waals surface area contributed by atoms with E-state index in [1.54, 1.807) is 6.07 Å². The highest BCUT2D eigenvalue weighted by atomic mass is 16.5. The van der Waals surface area contributed by atoms with Crippen molar-refractivity contribution in [2.75, 3.05) is 24.7 Å². The molecule has 1 fully saturated rings. The zero-order valence-corrected chi connectivity index (χ0v) is 17.2. The Bertz CT molecular complexity index is 870. The molecule has 4 rings (SSSR count). The molecular formula is C23H29NO6. The van der Waals surface area contributed by atoms with Crippen LogP contribution >= 0.6 is 0 Å². The van der Waals surface area contributed by atoms with Gasteiger partial charge in [0.25, 0.3) is 0 Å². The van der Waals surface area contributed by atoms with Crippen molar-refractivity contribution in [3.8, 4) is 5.75 Å². The number of aliphatic hydroxyl groups is 4. The molecule has 0 aliphatic carbocycles. The number of fused-ring (bicyclic) bond motifs is 1. The Balaban J connectivity index is 1.66. The fraction of sp³-hybridized carbons (Fsp3) is 0.478. The van der Waals surface area contributed by atoms with E-state index in [2.05, 4.69) is 43.0 Å². The van der Waals surface area contributed by atoms with Crippen molar-refractivity contribution in [2.45, 2.75) is 50.4 Å². The van der Waals surface area contributed by atoms with Gasteiger partial charge >= 0.3 is 0 Å². The third kappa shape index (κ3) is 3.79. The minimum atomic E-state index is -1.41. The maximum atomic E-state index is 10.5. The monoisotopic (exact) mass is 415 g/mol. The number of nitrogens with zero attached hydrogens (tertiary/aromatic N) is 1. The molecule has 0 aromatic heterocycles. The first-order chi connectivity index (χ1) is 14.4. The Kier molecular flexibility index (Phi) is 5.99. The lowest BCUT2D eigenvalue weighted by molar-refractivity contribution is -0.231. The zero-order valence-electron chi connectivity index (χ0n) is 17.2. The van der Waals surface area contributed by atoms with Gasteiger partial charge in [0, 0.05) is 0 Å². The van der Waals surface area contributed by atoms with Crippen LogP contribution in [0.3, 0.4) is 0 Å². The number of hydrogen-bond donors (Lipinski definition) is 4. The molecule has 0 bridgehead atoms. The minimum absolute atomic E-state index is 0.110. The van der Waals surface area contributed by atoms with Crippen LogP contribution in [0.25, 0.3) is 0 Å². The van der Waals surface area contributed by atoms with Crippen molar-refractivity contribution in [2.24, 2.45) is 0 Å². The number of aryl methyl sites for hydroxylation is 1. The molecule has 6 atom stereocenters. The molecule has 4 N–H and O–H groups in total. The van der Waals surface area contributed by atoms with Gasteiger partial charge in [0.15, 0.2) is 0 Å². The van der Waals surface area contributed by atoms with E-state index in [1.165, 1.54) is 11.1 Å². The third-order valence-corrected chi connectivity index (χ3v) is 6.13. The predicted octanol–water partition coefficient (Wildman–Crippen LogP) is 1.47. The number of anilines is 1. The van der Waals surface area contributed by atoms with Crippen molar-refractivity contribution >= 4 is 5.69 Å². The van der Waals surface area contributed by atoms with Crippen molar-refractivity contribution in [3.63, 3.8) is 0 Å². The first kappa shape index (κ1) is 21.1. The molecule has 0 amide bonds. The standard InChI is InChI=1S/C23H29NO6/c1-13-3-5-15(6-4-13)14(2)24-9-10-29-18-8-7-16(11-17(18)24)23-22(28)21(27)20(26)19(12-25)30-23/h3-8,11,14,19-23,25-28H,9-10,12H2,1-2H3/t14?,19-,20-,21+,22-,23+/m1/s1. The average Bonchev–Trinajstić information content (AvgIpc) is 2.77. The lowest BCUT2D eigenvalue weighted by atomic mass is 9.90. The molecule has 30 heavy (non-hydrogen) atoms. The second kappa shape index (κ2) is 8.53. The summed E-state index contributed by atoms with van der Waals surface area (Å²) in [5.41, 5.74) is 3.92. The Morgan fingerprint density at radius 1 is 1.03 bits per heavy atom. The van der Waals surface area contributed by atoms with E-state index in [4.69, 9.17) is 9.47 Å². The second-order valence-electron chi connectivity index (χ2n) is 8.11. The van der Waals surface area contributed by atoms with E-state index < -0.39 is 37.1 Å². The van der Waals surface area contributed by atoms with Gasteiger partial charge in [-0.15, -0.1) is 0 Å². The van der Waals surface area contributed by atoms with Crippen molar-refractivity contribution in [1.82, 2.24) is 0 Å². The maximum Gasteiger partial charge on any atom is 0.142 e. The van der Waals surface area contributed by atoms with Crippen molar-refractivity contribution in [3.05, 3.63) is 59.2 Å². The van der Waals surface area contributed by atoms with E-state index in [0.717, 1.165) is 11.4 Å². The maximum absolute atomic E-state index is 10.5. The molecule has 2 aliphatic heterocycles. The molecule has 0 saturated carbocycles. The molecule has 1 unspecified atom stereocenters. The summed E-state index contributed by atoms with van der Waals surface area (Å²) in [5.74, 6) is 0.744. The van der Waals surface area contributed by atoms with Crippen LogP contribution < -0.4 is 9.64 Å². The summed E-state index contributed by atoms with van der Waals surface area (Å²) < 4.78 is 11.6. The molecule has 0 spiro atoms. The number of rotatable bonds is 4. The van der Waals surface area contributed by atoms with Gasteiger partial charge in [-0.3, -0.25) is 0 Å². The van der Waals surface area contributed by atoms with Crippen LogP contribution in [-0.4, -0.2) is 64.6 Å². The number of hydrogen-bond acceptors (Lipinski definition) is 7. The van der Waals surface area contributed by atoms with Crippen LogP contribution in [0.5, 0.6) is 5.75 Å². The first-order valence-electron chi connectivity index (χ1n) is 10.3. The summed E-state index contributed by atoms with van der Waals surface area (Å²) in [4.78, 5) is 2.25. The smallest absolute Gasteiger partial charge is 0.142 e. The summed E-state index contributed by atoms with van der Waals surface area (Å²) in [6, 6.07) is 14.1. The van der Waals surface area contributed by atoms with Gasteiger partial charge in [0.1, 0.15) is 42.9 Å². The fourth-order valence-electron chi connectivity index (χ4n) is 4.24. The molecule has 2 aromatic rings. The largest absolute Gasteiger partial charge is 0.490 e. The van der Waals surface area contributed by atoms with E-state index >= 15 is 0 Å². The summed E-state index contributed by atoms with van der Waals surface area (Å²) in [7, 11) is 0. The normalized spacial score (nSPS) is 29.8. The van der Waals surface area contributed by atoms with Crippen LogP contribution in [0.15, 0.2) is 42.5 Å². The molecule has 2 aliphatic rings. The van der Waals surface area contributed by atoms with Gasteiger partial charge < -0.3 is 34.8 Å². The molecular weight excluding hydrogens is 386 g/mol. The van der Waals surface area contributed by atoms with Gasteiger partial charge in [0.05, 0.1) is 24.9 Å². The highest BCUT2D eigenvalue weighted by Gasteiger charge is 2.44. The van der Waals surface area contributed by atoms with E-state index in [9.17, 15) is 20.4 Å². The number of aliphatic hydroxyl groups excluding tert-OH is 4. The quantitative estimate of drug-likeness (QED) is 0.600. The second-order valence-corrected chi connectivity index (χ2v) is 8.11. The number of benzene rings is 2. The van der Waals surface area contributed by atoms with Gasteiger partial charge in [0.2, 0.25) is 0 Å². The summed E-state index contributed by atoms with van der Waals surface area (Å²) in [6.07, 6.45) is -5.91. The van der Waals surface area contributed by atoms with E-state index in [-0.39, 0.29) is 6.04 Å². The summed E-state index contributed by atoms with van der Waals surface area (Å²) >= 11 is 0.